The number of benzene rings is 1. The van der Waals surface area contributed by atoms with Gasteiger partial charge in [0, 0.05) is 26.2 Å². The quantitative estimate of drug-likeness (QED) is 0.827. The highest BCUT2D eigenvalue weighted by atomic mass is 35.5. The molecule has 1 aliphatic heterocycles. The number of hydrogen-bond acceptors (Lipinski definition) is 3. The molecule has 0 amide bonds. The average molecular weight is 340 g/mol. The molecule has 0 aliphatic carbocycles. The topological polar surface area (TPSA) is 32.5 Å². The van der Waals surface area contributed by atoms with E-state index in [0.29, 0.717) is 10.8 Å². The Balaban J connectivity index is 0.00000264. The van der Waals surface area contributed by atoms with E-state index in [0.717, 1.165) is 32.7 Å². The zero-order chi connectivity index (χ0) is 16.2. The Hall–Kier alpha value is -0.610. The maximum Gasteiger partial charge on any atom is 0.0230 e. The van der Waals surface area contributed by atoms with Crippen LogP contribution in [-0.4, -0.2) is 49.6 Å². The fourth-order valence-electron chi connectivity index (χ4n) is 3.76. The number of nitrogens with zero attached hydrogens (tertiary/aromatic N) is 2. The molecule has 0 saturated carbocycles. The molecule has 0 aromatic heterocycles. The lowest BCUT2D eigenvalue weighted by molar-refractivity contribution is 0.138. The summed E-state index contributed by atoms with van der Waals surface area (Å²) in [5.41, 5.74) is 7.93. The summed E-state index contributed by atoms with van der Waals surface area (Å²) in [4.78, 5) is 5.04. The molecule has 23 heavy (non-hydrogen) atoms. The largest absolute Gasteiger partial charge is 0.330 e. The van der Waals surface area contributed by atoms with Crippen LogP contribution in [0.3, 0.4) is 0 Å². The number of halogens is 1. The highest BCUT2D eigenvalue weighted by Gasteiger charge is 2.35. The highest BCUT2D eigenvalue weighted by Crippen LogP contribution is 2.31. The van der Waals surface area contributed by atoms with Gasteiger partial charge in [0.05, 0.1) is 0 Å². The zero-order valence-electron chi connectivity index (χ0n) is 15.2. The summed E-state index contributed by atoms with van der Waals surface area (Å²) in [6.45, 7) is 13.5. The number of rotatable bonds is 7. The van der Waals surface area contributed by atoms with E-state index in [1.165, 1.54) is 18.5 Å². The van der Waals surface area contributed by atoms with Gasteiger partial charge in [0.2, 0.25) is 0 Å². The van der Waals surface area contributed by atoms with Crippen LogP contribution in [0.2, 0.25) is 0 Å². The lowest BCUT2D eigenvalue weighted by Gasteiger charge is -2.34. The summed E-state index contributed by atoms with van der Waals surface area (Å²) in [7, 11) is 2.22. The van der Waals surface area contributed by atoms with E-state index in [-0.39, 0.29) is 12.4 Å². The van der Waals surface area contributed by atoms with E-state index in [1.807, 2.05) is 0 Å². The van der Waals surface area contributed by atoms with Gasteiger partial charge >= 0.3 is 0 Å². The Morgan fingerprint density at radius 3 is 2.48 bits per heavy atom. The van der Waals surface area contributed by atoms with Crippen LogP contribution >= 0.6 is 12.4 Å². The fourth-order valence-corrected chi connectivity index (χ4v) is 3.76. The first-order valence-corrected chi connectivity index (χ1v) is 8.47. The van der Waals surface area contributed by atoms with Crippen molar-refractivity contribution in [3.63, 3.8) is 0 Å². The molecular formula is C19H34ClN3. The molecule has 1 unspecified atom stereocenters. The Morgan fingerprint density at radius 2 is 1.91 bits per heavy atom. The molecule has 0 spiro atoms. The Bertz CT molecular complexity index is 463. The maximum absolute atomic E-state index is 5.93. The molecular weight excluding hydrogens is 306 g/mol. The third-order valence-corrected chi connectivity index (χ3v) is 4.77. The minimum atomic E-state index is 0. The van der Waals surface area contributed by atoms with Crippen molar-refractivity contribution < 1.29 is 0 Å². The van der Waals surface area contributed by atoms with Crippen LogP contribution in [0.4, 0.5) is 0 Å². The summed E-state index contributed by atoms with van der Waals surface area (Å²) >= 11 is 0. The van der Waals surface area contributed by atoms with Gasteiger partial charge in [0.25, 0.3) is 0 Å². The summed E-state index contributed by atoms with van der Waals surface area (Å²) in [6.07, 6.45) is 1.24. The lowest BCUT2D eigenvalue weighted by atomic mass is 9.89. The zero-order valence-corrected chi connectivity index (χ0v) is 16.0. The second-order valence-electron chi connectivity index (χ2n) is 8.30. The predicted octanol–water partition coefficient (Wildman–Crippen LogP) is 3.24. The van der Waals surface area contributed by atoms with Gasteiger partial charge in [-0.1, -0.05) is 51.1 Å². The third-order valence-electron chi connectivity index (χ3n) is 4.77. The summed E-state index contributed by atoms with van der Waals surface area (Å²) < 4.78 is 0. The van der Waals surface area contributed by atoms with Crippen LogP contribution in [0.5, 0.6) is 0 Å². The Kier molecular flexibility index (Phi) is 7.53. The van der Waals surface area contributed by atoms with Crippen molar-refractivity contribution in [2.24, 2.45) is 16.6 Å². The number of nitrogens with two attached hydrogens (primary N) is 1. The van der Waals surface area contributed by atoms with Crippen LogP contribution in [0, 0.1) is 10.8 Å². The van der Waals surface area contributed by atoms with E-state index >= 15 is 0 Å². The smallest absolute Gasteiger partial charge is 0.0230 e. The van der Waals surface area contributed by atoms with E-state index in [4.69, 9.17) is 5.73 Å². The fraction of sp³-hybridized carbons (Fsp3) is 0.684. The van der Waals surface area contributed by atoms with Crippen molar-refractivity contribution in [3.8, 4) is 0 Å². The van der Waals surface area contributed by atoms with Crippen LogP contribution < -0.4 is 5.73 Å². The molecule has 1 aliphatic rings. The van der Waals surface area contributed by atoms with Crippen molar-refractivity contribution >= 4 is 12.4 Å². The maximum atomic E-state index is 5.93. The van der Waals surface area contributed by atoms with E-state index < -0.39 is 0 Å². The van der Waals surface area contributed by atoms with E-state index in [1.54, 1.807) is 0 Å². The van der Waals surface area contributed by atoms with Crippen LogP contribution in [0.1, 0.15) is 32.8 Å². The molecule has 3 nitrogen and oxygen atoms in total. The standard InChI is InChI=1S/C19H33N3.ClH/c1-18(2,15-22-11-10-19(3,13-20)16-22)14-21(4)12-17-8-6-5-7-9-17;/h5-9H,10-16,20H2,1-4H3;1H. The molecule has 1 heterocycles. The van der Waals surface area contributed by atoms with Gasteiger partial charge in [-0.15, -0.1) is 12.4 Å². The molecule has 132 valence electrons. The molecule has 1 saturated heterocycles. The second kappa shape index (κ2) is 8.48. The molecule has 1 aromatic carbocycles. The van der Waals surface area contributed by atoms with Crippen LogP contribution in [0.15, 0.2) is 30.3 Å². The van der Waals surface area contributed by atoms with Gasteiger partial charge in [-0.05, 0) is 43.0 Å². The summed E-state index contributed by atoms with van der Waals surface area (Å²) in [5.74, 6) is 0. The normalized spacial score (nSPS) is 22.3. The van der Waals surface area contributed by atoms with Crippen molar-refractivity contribution in [1.29, 1.82) is 0 Å². The van der Waals surface area contributed by atoms with Gasteiger partial charge in [-0.3, -0.25) is 0 Å². The van der Waals surface area contributed by atoms with Gasteiger partial charge in [0.1, 0.15) is 0 Å². The minimum Gasteiger partial charge on any atom is -0.330 e. The average Bonchev–Trinajstić information content (AvgIpc) is 2.80. The van der Waals surface area contributed by atoms with Gasteiger partial charge in [-0.25, -0.2) is 0 Å². The second-order valence-corrected chi connectivity index (χ2v) is 8.30. The molecule has 2 N–H and O–H groups in total. The van der Waals surface area contributed by atoms with Gasteiger partial charge in [-0.2, -0.15) is 0 Å². The van der Waals surface area contributed by atoms with Crippen LogP contribution in [-0.2, 0) is 6.54 Å². The summed E-state index contributed by atoms with van der Waals surface area (Å²) in [6, 6.07) is 10.7. The van der Waals surface area contributed by atoms with E-state index in [2.05, 4.69) is 68.0 Å². The molecule has 0 bridgehead atoms. The van der Waals surface area contributed by atoms with Crippen molar-refractivity contribution in [2.75, 3.05) is 39.8 Å². The number of likely N-dealkylation sites (tertiary alicyclic amines) is 1. The Labute approximate surface area is 148 Å². The van der Waals surface area contributed by atoms with E-state index in [9.17, 15) is 0 Å². The SMILES string of the molecule is CN(Cc1ccccc1)CC(C)(C)CN1CCC(C)(CN)C1.Cl. The molecule has 1 aromatic rings. The van der Waals surface area contributed by atoms with Crippen molar-refractivity contribution in [3.05, 3.63) is 35.9 Å². The molecule has 1 fully saturated rings. The first-order chi connectivity index (χ1) is 10.3. The van der Waals surface area contributed by atoms with Gasteiger partial charge < -0.3 is 15.5 Å². The monoisotopic (exact) mass is 339 g/mol. The molecule has 0 radical (unpaired) electrons. The molecule has 1 atom stereocenters. The predicted molar refractivity (Wildman–Crippen MR) is 102 cm³/mol. The van der Waals surface area contributed by atoms with Gasteiger partial charge in [0.15, 0.2) is 0 Å². The van der Waals surface area contributed by atoms with Crippen LogP contribution in [0.25, 0.3) is 0 Å². The minimum absolute atomic E-state index is 0. The van der Waals surface area contributed by atoms with Crippen molar-refractivity contribution in [2.45, 2.75) is 33.7 Å². The Morgan fingerprint density at radius 1 is 1.26 bits per heavy atom. The first-order valence-electron chi connectivity index (χ1n) is 8.47. The van der Waals surface area contributed by atoms with Crippen molar-refractivity contribution in [1.82, 2.24) is 9.80 Å². The summed E-state index contributed by atoms with van der Waals surface area (Å²) in [5, 5.41) is 0. The molecule has 4 heteroatoms. The molecule has 2 rings (SSSR count). The highest BCUT2D eigenvalue weighted by molar-refractivity contribution is 5.85. The first kappa shape index (κ1) is 20.4. The lowest BCUT2D eigenvalue weighted by Crippen LogP contribution is -2.41. The third kappa shape index (κ3) is 6.42. The number of hydrogen-bond donors (Lipinski definition) is 1.